The molecule has 0 aliphatic rings. The maximum absolute atomic E-state index is 8.24. The van der Waals surface area contributed by atoms with Gasteiger partial charge in [-0.15, -0.1) is 6.58 Å². The summed E-state index contributed by atoms with van der Waals surface area (Å²) < 4.78 is 0. The molecule has 0 aliphatic carbocycles. The quantitative estimate of drug-likeness (QED) is 0.503. The molecule has 0 aromatic carbocycles. The van der Waals surface area contributed by atoms with E-state index in [1.54, 1.807) is 6.92 Å². The monoisotopic (exact) mass is 104 g/mol. The Kier molecular flexibility index (Phi) is 20.9. The summed E-state index contributed by atoms with van der Waals surface area (Å²) in [7, 11) is 0. The zero-order valence-electron chi connectivity index (χ0n) is 3.31. The van der Waals surface area contributed by atoms with Gasteiger partial charge in [-0.05, 0) is 6.92 Å². The van der Waals surface area contributed by atoms with E-state index in [9.17, 15) is 0 Å². The second-order valence-electron chi connectivity index (χ2n) is 0.976. The van der Waals surface area contributed by atoms with Crippen LogP contribution in [0.15, 0.2) is 12.7 Å². The summed E-state index contributed by atoms with van der Waals surface area (Å²) >= 11 is 0. The minimum atomic E-state index is -0.352. The van der Waals surface area contributed by atoms with Crippen molar-refractivity contribution in [2.45, 2.75) is 27.9 Å². The molecule has 1 nitrogen and oxygen atoms in total. The molecule has 0 saturated heterocycles. The minimum Gasteiger partial charge on any atom is -0.389 e. The van der Waals surface area contributed by atoms with Crippen LogP contribution in [0, 0.1) is 0 Å². The molecular formula is C6H16O. The van der Waals surface area contributed by atoms with E-state index in [1.807, 2.05) is 0 Å². The zero-order valence-corrected chi connectivity index (χ0v) is 3.31. The lowest BCUT2D eigenvalue weighted by Crippen LogP contribution is -1.88. The van der Waals surface area contributed by atoms with Crippen molar-refractivity contribution in [2.24, 2.45) is 0 Å². The Morgan fingerprint density at radius 2 is 1.71 bits per heavy atom. The maximum Gasteiger partial charge on any atom is 0.0690 e. The van der Waals surface area contributed by atoms with Gasteiger partial charge in [0.05, 0.1) is 6.10 Å². The fourth-order valence-corrected chi connectivity index (χ4v) is 0. The highest BCUT2D eigenvalue weighted by molar-refractivity contribution is 4.72. The van der Waals surface area contributed by atoms with E-state index in [0.29, 0.717) is 0 Å². The highest BCUT2D eigenvalue weighted by Crippen LogP contribution is 1.73. The smallest absolute Gasteiger partial charge is 0.0690 e. The van der Waals surface area contributed by atoms with Gasteiger partial charge < -0.3 is 5.11 Å². The first kappa shape index (κ1) is 15.9. The van der Waals surface area contributed by atoms with Crippen molar-refractivity contribution >= 4 is 0 Å². The standard InChI is InChI=1S/C4H8O.2CH4/c1-3-4(2)5;;/h3-5H,1H2,2H3;2*1H4. The highest BCUT2D eigenvalue weighted by Gasteiger charge is 1.75. The second-order valence-corrected chi connectivity index (χ2v) is 0.976. The molecule has 0 aliphatic heterocycles. The van der Waals surface area contributed by atoms with Crippen LogP contribution >= 0.6 is 0 Å². The van der Waals surface area contributed by atoms with Gasteiger partial charge in [0.25, 0.3) is 0 Å². The van der Waals surface area contributed by atoms with Crippen molar-refractivity contribution in [3.63, 3.8) is 0 Å². The van der Waals surface area contributed by atoms with Gasteiger partial charge in [-0.3, -0.25) is 0 Å². The van der Waals surface area contributed by atoms with Crippen LogP contribution in [0.5, 0.6) is 0 Å². The molecule has 1 heteroatoms. The van der Waals surface area contributed by atoms with Crippen molar-refractivity contribution < 1.29 is 5.11 Å². The van der Waals surface area contributed by atoms with Gasteiger partial charge >= 0.3 is 0 Å². The molecule has 0 aromatic rings. The SMILES string of the molecule is C.C.C=CC(C)O. The van der Waals surface area contributed by atoms with E-state index in [4.69, 9.17) is 5.11 Å². The number of hydrogen-bond acceptors (Lipinski definition) is 1. The van der Waals surface area contributed by atoms with Crippen molar-refractivity contribution in [3.8, 4) is 0 Å². The van der Waals surface area contributed by atoms with Gasteiger partial charge in [-0.25, -0.2) is 0 Å². The van der Waals surface area contributed by atoms with Crippen LogP contribution in [0.2, 0.25) is 0 Å². The summed E-state index contributed by atoms with van der Waals surface area (Å²) in [6.07, 6.45) is 1.12. The maximum atomic E-state index is 8.24. The third-order valence-electron chi connectivity index (χ3n) is 0.341. The van der Waals surface area contributed by atoms with Gasteiger partial charge in [0.15, 0.2) is 0 Å². The molecular weight excluding hydrogens is 88.1 g/mol. The highest BCUT2D eigenvalue weighted by atomic mass is 16.3. The Morgan fingerprint density at radius 3 is 1.71 bits per heavy atom. The van der Waals surface area contributed by atoms with E-state index >= 15 is 0 Å². The summed E-state index contributed by atoms with van der Waals surface area (Å²) in [5.41, 5.74) is 0. The molecule has 1 N–H and O–H groups in total. The Morgan fingerprint density at radius 1 is 1.57 bits per heavy atom. The molecule has 0 bridgehead atoms. The lowest BCUT2D eigenvalue weighted by Gasteiger charge is -1.84. The number of aliphatic hydroxyl groups excluding tert-OH is 1. The lowest BCUT2D eigenvalue weighted by atomic mass is 10.4. The molecule has 46 valence electrons. The van der Waals surface area contributed by atoms with Crippen LogP contribution in [0.4, 0.5) is 0 Å². The van der Waals surface area contributed by atoms with Crippen LogP contribution < -0.4 is 0 Å². The van der Waals surface area contributed by atoms with Gasteiger partial charge in [-0.2, -0.15) is 0 Å². The topological polar surface area (TPSA) is 20.2 Å². The van der Waals surface area contributed by atoms with Gasteiger partial charge in [-0.1, -0.05) is 20.9 Å². The molecule has 0 spiro atoms. The van der Waals surface area contributed by atoms with Gasteiger partial charge in [0, 0.05) is 0 Å². The summed E-state index contributed by atoms with van der Waals surface area (Å²) in [5.74, 6) is 0. The fourth-order valence-electron chi connectivity index (χ4n) is 0. The van der Waals surface area contributed by atoms with Gasteiger partial charge in [0.2, 0.25) is 0 Å². The van der Waals surface area contributed by atoms with Crippen LogP contribution in [0.1, 0.15) is 21.8 Å². The Hall–Kier alpha value is -0.300. The molecule has 7 heavy (non-hydrogen) atoms. The van der Waals surface area contributed by atoms with E-state index in [2.05, 4.69) is 6.58 Å². The molecule has 1 unspecified atom stereocenters. The Labute approximate surface area is 46.7 Å². The van der Waals surface area contributed by atoms with E-state index in [0.717, 1.165) is 0 Å². The molecule has 0 amide bonds. The Bertz CT molecular complexity index is 31.2. The third kappa shape index (κ3) is 27.0. The summed E-state index contributed by atoms with van der Waals surface area (Å²) in [6.45, 7) is 4.97. The van der Waals surface area contributed by atoms with Crippen LogP contribution in [0.25, 0.3) is 0 Å². The predicted octanol–water partition coefficient (Wildman–Crippen LogP) is 1.83. The molecule has 0 heterocycles. The lowest BCUT2D eigenvalue weighted by molar-refractivity contribution is 0.244. The first-order chi connectivity index (χ1) is 2.27. The van der Waals surface area contributed by atoms with Crippen molar-refractivity contribution in [3.05, 3.63) is 12.7 Å². The molecule has 1 atom stereocenters. The van der Waals surface area contributed by atoms with E-state index < -0.39 is 0 Å². The third-order valence-corrected chi connectivity index (χ3v) is 0.341. The van der Waals surface area contributed by atoms with Crippen LogP contribution in [0.3, 0.4) is 0 Å². The molecule has 0 saturated carbocycles. The zero-order chi connectivity index (χ0) is 4.28. The number of rotatable bonds is 1. The average Bonchev–Trinajstić information content (AvgIpc) is 1.38. The normalized spacial score (nSPS) is 10.0. The molecule has 0 aromatic heterocycles. The Balaban J connectivity index is -0.0000000800. The number of aliphatic hydroxyl groups is 1. The van der Waals surface area contributed by atoms with Crippen molar-refractivity contribution in [2.75, 3.05) is 0 Å². The molecule has 0 rings (SSSR count). The van der Waals surface area contributed by atoms with E-state index in [-0.39, 0.29) is 21.0 Å². The van der Waals surface area contributed by atoms with Crippen molar-refractivity contribution in [1.82, 2.24) is 0 Å². The molecule has 0 radical (unpaired) electrons. The summed E-state index contributed by atoms with van der Waals surface area (Å²) in [4.78, 5) is 0. The van der Waals surface area contributed by atoms with E-state index in [1.165, 1.54) is 6.08 Å². The second kappa shape index (κ2) is 9.20. The number of hydrogen-bond donors (Lipinski definition) is 1. The van der Waals surface area contributed by atoms with Crippen LogP contribution in [-0.2, 0) is 0 Å². The summed E-state index contributed by atoms with van der Waals surface area (Å²) in [6, 6.07) is 0. The van der Waals surface area contributed by atoms with Gasteiger partial charge in [0.1, 0.15) is 0 Å². The fraction of sp³-hybridized carbons (Fsp3) is 0.667. The largest absolute Gasteiger partial charge is 0.389 e. The van der Waals surface area contributed by atoms with Crippen LogP contribution in [-0.4, -0.2) is 11.2 Å². The average molecular weight is 104 g/mol. The minimum absolute atomic E-state index is 0. The first-order valence-corrected chi connectivity index (χ1v) is 1.58. The summed E-state index contributed by atoms with van der Waals surface area (Å²) in [5, 5.41) is 8.24. The van der Waals surface area contributed by atoms with Crippen molar-refractivity contribution in [1.29, 1.82) is 0 Å². The molecule has 0 fully saturated rings. The predicted molar refractivity (Wildman–Crippen MR) is 35.3 cm³/mol. The first-order valence-electron chi connectivity index (χ1n) is 1.58.